The van der Waals surface area contributed by atoms with Crippen molar-refractivity contribution in [2.24, 2.45) is 0 Å². The average Bonchev–Trinajstić information content (AvgIpc) is 2.83. The molecule has 1 saturated heterocycles. The Labute approximate surface area is 144 Å². The quantitative estimate of drug-likeness (QED) is 0.500. The number of nitrogens with zero attached hydrogens (tertiary/aromatic N) is 1. The lowest BCUT2D eigenvalue weighted by molar-refractivity contribution is -0.916. The van der Waals surface area contributed by atoms with E-state index in [1.165, 1.54) is 4.90 Å². The molecule has 2 aliphatic rings. The Morgan fingerprint density at radius 3 is 2.84 bits per heavy atom. The Kier molecular flexibility index (Phi) is 4.80. The number of carbonyl (C=O) groups is 4. The van der Waals surface area contributed by atoms with Gasteiger partial charge in [0.05, 0.1) is 30.9 Å². The monoisotopic (exact) mass is 346 g/mol. The predicted octanol–water partition coefficient (Wildman–Crippen LogP) is -1.49. The lowest BCUT2D eigenvalue weighted by Crippen LogP contribution is -3.20. The molecule has 2 atom stereocenters. The van der Waals surface area contributed by atoms with E-state index in [2.05, 4.69) is 5.32 Å². The molecule has 2 amide bonds. The van der Waals surface area contributed by atoms with Crippen LogP contribution in [0.4, 0.5) is 5.69 Å². The Hall–Kier alpha value is -2.74. The van der Waals surface area contributed by atoms with Crippen LogP contribution < -0.4 is 15.1 Å². The van der Waals surface area contributed by atoms with Crippen LogP contribution in [0.3, 0.4) is 0 Å². The number of nitrogens with one attached hydrogen (secondary N) is 2. The molecule has 0 spiro atoms. The normalized spacial score (nSPS) is 22.6. The third kappa shape index (κ3) is 3.25. The van der Waals surface area contributed by atoms with Gasteiger partial charge in [0.15, 0.2) is 12.7 Å². The summed E-state index contributed by atoms with van der Waals surface area (Å²) in [5.74, 6) is -1.85. The molecule has 0 aliphatic carbocycles. The van der Waals surface area contributed by atoms with E-state index in [0.29, 0.717) is 24.3 Å². The summed E-state index contributed by atoms with van der Waals surface area (Å²) in [6, 6.07) is 6.14. The summed E-state index contributed by atoms with van der Waals surface area (Å²) < 4.78 is 4.94. The van der Waals surface area contributed by atoms with E-state index in [-0.39, 0.29) is 25.6 Å². The zero-order valence-corrected chi connectivity index (χ0v) is 13.9. The number of benzene rings is 1. The van der Waals surface area contributed by atoms with Crippen molar-refractivity contribution in [2.75, 3.05) is 31.3 Å². The third-order valence-corrected chi connectivity index (χ3v) is 4.47. The van der Waals surface area contributed by atoms with Gasteiger partial charge in [0, 0.05) is 0 Å². The molecule has 2 N–H and O–H groups in total. The second-order valence-corrected chi connectivity index (χ2v) is 6.00. The van der Waals surface area contributed by atoms with Gasteiger partial charge in [-0.05, 0) is 19.1 Å². The summed E-state index contributed by atoms with van der Waals surface area (Å²) in [5, 5.41) is 2.74. The molecular formula is C17H20N3O5+. The first kappa shape index (κ1) is 17.1. The highest BCUT2D eigenvalue weighted by Crippen LogP contribution is 2.27. The fourth-order valence-electron chi connectivity index (χ4n) is 3.25. The number of Topliss-reactive ketones (excluding diaryl/α,β-unsaturated/α-hetero) is 1. The van der Waals surface area contributed by atoms with E-state index in [4.69, 9.17) is 4.74 Å². The molecule has 132 valence electrons. The molecule has 1 aromatic carbocycles. The molecule has 0 aromatic heterocycles. The van der Waals surface area contributed by atoms with Crippen molar-refractivity contribution in [1.29, 1.82) is 0 Å². The maximum absolute atomic E-state index is 12.3. The van der Waals surface area contributed by atoms with E-state index in [9.17, 15) is 19.2 Å². The standard InChI is InChI=1S/C17H19N3O5/c1-2-25-14(21)9-13-16(23)18-7-8-19(13)10-20-12-6-4-3-5-11(12)15(22)17(20)24/h3-6,13H,2,7-10H2,1H3,(H,18,23)/p+1/t13-/m1/s1. The second kappa shape index (κ2) is 7.02. The number of quaternary nitrogens is 1. The first-order valence-electron chi connectivity index (χ1n) is 8.26. The van der Waals surface area contributed by atoms with Gasteiger partial charge in [0.1, 0.15) is 6.42 Å². The van der Waals surface area contributed by atoms with Gasteiger partial charge >= 0.3 is 11.9 Å². The van der Waals surface area contributed by atoms with Gasteiger partial charge in [-0.15, -0.1) is 0 Å². The van der Waals surface area contributed by atoms with E-state index in [1.807, 2.05) is 0 Å². The minimum Gasteiger partial charge on any atom is -0.466 e. The van der Waals surface area contributed by atoms with E-state index >= 15 is 0 Å². The number of anilines is 1. The maximum Gasteiger partial charge on any atom is 0.312 e. The zero-order valence-electron chi connectivity index (χ0n) is 13.9. The smallest absolute Gasteiger partial charge is 0.312 e. The summed E-state index contributed by atoms with van der Waals surface area (Å²) in [4.78, 5) is 50.6. The molecule has 1 unspecified atom stereocenters. The summed E-state index contributed by atoms with van der Waals surface area (Å²) in [7, 11) is 0. The molecule has 8 nitrogen and oxygen atoms in total. The Morgan fingerprint density at radius 1 is 1.32 bits per heavy atom. The fraction of sp³-hybridized carbons (Fsp3) is 0.412. The number of carbonyl (C=O) groups excluding carboxylic acids is 4. The maximum atomic E-state index is 12.3. The number of piperazine rings is 1. The van der Waals surface area contributed by atoms with Crippen molar-refractivity contribution in [3.05, 3.63) is 29.8 Å². The van der Waals surface area contributed by atoms with Crippen LogP contribution in [0.15, 0.2) is 24.3 Å². The van der Waals surface area contributed by atoms with Gasteiger partial charge in [-0.1, -0.05) is 12.1 Å². The van der Waals surface area contributed by atoms with Gasteiger partial charge in [-0.25, -0.2) is 0 Å². The van der Waals surface area contributed by atoms with Crippen LogP contribution >= 0.6 is 0 Å². The largest absolute Gasteiger partial charge is 0.466 e. The summed E-state index contributed by atoms with van der Waals surface area (Å²) in [6.07, 6.45) is -0.0629. The fourth-order valence-corrected chi connectivity index (χ4v) is 3.25. The third-order valence-electron chi connectivity index (χ3n) is 4.47. The number of rotatable bonds is 5. The summed E-state index contributed by atoms with van der Waals surface area (Å²) in [5.41, 5.74) is 0.918. The second-order valence-electron chi connectivity index (χ2n) is 6.00. The SMILES string of the molecule is CCOC(=O)C[C@@H]1C(=O)NCC[NH+]1CN1C(=O)C(=O)c2ccccc21. The van der Waals surface area contributed by atoms with Crippen molar-refractivity contribution in [2.45, 2.75) is 19.4 Å². The number of ketones is 1. The first-order chi connectivity index (χ1) is 12.0. The molecule has 0 saturated carbocycles. The lowest BCUT2D eigenvalue weighted by atomic mass is 10.1. The number of fused-ring (bicyclic) bond motifs is 1. The van der Waals surface area contributed by atoms with Crippen molar-refractivity contribution < 1.29 is 28.8 Å². The Morgan fingerprint density at radius 2 is 2.08 bits per heavy atom. The van der Waals surface area contributed by atoms with Crippen LogP contribution in [0, 0.1) is 0 Å². The highest BCUT2D eigenvalue weighted by molar-refractivity contribution is 6.52. The summed E-state index contributed by atoms with van der Waals surface area (Å²) in [6.45, 7) is 3.10. The molecule has 2 heterocycles. The predicted molar refractivity (Wildman–Crippen MR) is 87.0 cm³/mol. The highest BCUT2D eigenvalue weighted by atomic mass is 16.5. The Balaban J connectivity index is 1.80. The van der Waals surface area contributed by atoms with E-state index in [1.54, 1.807) is 31.2 Å². The first-order valence-corrected chi connectivity index (χ1v) is 8.26. The van der Waals surface area contributed by atoms with Crippen LogP contribution in [0.25, 0.3) is 0 Å². The minimum absolute atomic E-state index is 0.0629. The van der Waals surface area contributed by atoms with Gasteiger partial charge in [0.2, 0.25) is 0 Å². The van der Waals surface area contributed by atoms with Gasteiger partial charge in [-0.2, -0.15) is 0 Å². The van der Waals surface area contributed by atoms with Crippen molar-refractivity contribution >= 4 is 29.3 Å². The molecule has 25 heavy (non-hydrogen) atoms. The molecule has 1 fully saturated rings. The number of para-hydroxylation sites is 1. The molecule has 0 radical (unpaired) electrons. The van der Waals surface area contributed by atoms with Crippen LogP contribution in [-0.2, 0) is 19.1 Å². The lowest BCUT2D eigenvalue weighted by Gasteiger charge is -2.33. The molecule has 1 aromatic rings. The average molecular weight is 346 g/mol. The highest BCUT2D eigenvalue weighted by Gasteiger charge is 2.42. The Bertz CT molecular complexity index is 733. The number of esters is 1. The topological polar surface area (TPSA) is 97.2 Å². The number of ether oxygens (including phenoxy) is 1. The van der Waals surface area contributed by atoms with Crippen molar-refractivity contribution in [3.63, 3.8) is 0 Å². The molecule has 0 bridgehead atoms. The van der Waals surface area contributed by atoms with Crippen LogP contribution in [0.1, 0.15) is 23.7 Å². The molecule has 2 aliphatic heterocycles. The molecule has 8 heteroatoms. The van der Waals surface area contributed by atoms with Crippen LogP contribution in [-0.4, -0.2) is 56.0 Å². The minimum atomic E-state index is -0.650. The van der Waals surface area contributed by atoms with Gasteiger partial charge in [-0.3, -0.25) is 24.1 Å². The van der Waals surface area contributed by atoms with Crippen LogP contribution in [0.2, 0.25) is 0 Å². The number of amides is 2. The number of hydrogen-bond acceptors (Lipinski definition) is 5. The molecule has 3 rings (SSSR count). The summed E-state index contributed by atoms with van der Waals surface area (Å²) >= 11 is 0. The van der Waals surface area contributed by atoms with Crippen molar-refractivity contribution in [1.82, 2.24) is 5.32 Å². The van der Waals surface area contributed by atoms with Gasteiger partial charge < -0.3 is 15.0 Å². The van der Waals surface area contributed by atoms with E-state index < -0.39 is 23.7 Å². The molecular weight excluding hydrogens is 326 g/mol. The van der Waals surface area contributed by atoms with Crippen LogP contribution in [0.5, 0.6) is 0 Å². The van der Waals surface area contributed by atoms with E-state index in [0.717, 1.165) is 4.90 Å². The number of hydrogen-bond donors (Lipinski definition) is 2. The van der Waals surface area contributed by atoms with Gasteiger partial charge in [0.25, 0.3) is 11.7 Å². The van der Waals surface area contributed by atoms with Crippen molar-refractivity contribution in [3.8, 4) is 0 Å². The zero-order chi connectivity index (χ0) is 18.0.